The number of pyridine rings is 1. The second-order valence-corrected chi connectivity index (χ2v) is 2.84. The normalized spacial score (nSPS) is 10.7. The van der Waals surface area contributed by atoms with Crippen molar-refractivity contribution in [2.45, 2.75) is 13.8 Å². The molecule has 0 saturated heterocycles. The summed E-state index contributed by atoms with van der Waals surface area (Å²) in [6.45, 7) is 4.14. The number of hydrogen-bond donors (Lipinski definition) is 1. The highest BCUT2D eigenvalue weighted by Crippen LogP contribution is 2.15. The monoisotopic (exact) mass is 146 g/mol. The Labute approximate surface area is 65.3 Å². The van der Waals surface area contributed by atoms with Gasteiger partial charge in [0, 0.05) is 17.3 Å². The number of aromatic amines is 1. The Balaban J connectivity index is 2.90. The largest absolute Gasteiger partial charge is 0.344 e. The molecule has 2 aromatic heterocycles. The maximum absolute atomic E-state index is 4.21. The van der Waals surface area contributed by atoms with E-state index in [1.54, 1.807) is 0 Å². The molecular formula is C9H10N2. The molecular weight excluding hydrogens is 136 g/mol. The highest BCUT2D eigenvalue weighted by Gasteiger charge is 1.99. The summed E-state index contributed by atoms with van der Waals surface area (Å²) in [5.41, 5.74) is 3.43. The summed E-state index contributed by atoms with van der Waals surface area (Å²) in [5.74, 6) is 0. The maximum Gasteiger partial charge on any atom is 0.137 e. The summed E-state index contributed by atoms with van der Waals surface area (Å²) in [7, 11) is 0. The predicted octanol–water partition coefficient (Wildman–Crippen LogP) is 2.18. The molecule has 0 radical (unpaired) electrons. The minimum absolute atomic E-state index is 0.988. The predicted molar refractivity (Wildman–Crippen MR) is 45.6 cm³/mol. The molecule has 2 heteroatoms. The van der Waals surface area contributed by atoms with Crippen LogP contribution in [0.2, 0.25) is 0 Å². The van der Waals surface area contributed by atoms with Crippen LogP contribution in [0.15, 0.2) is 18.3 Å². The molecule has 0 bridgehead atoms. The van der Waals surface area contributed by atoms with Crippen LogP contribution in [0, 0.1) is 13.8 Å². The van der Waals surface area contributed by atoms with Crippen LogP contribution >= 0.6 is 0 Å². The Morgan fingerprint density at radius 2 is 2.18 bits per heavy atom. The summed E-state index contributed by atoms with van der Waals surface area (Å²) < 4.78 is 0. The molecule has 0 unspecified atom stereocenters. The van der Waals surface area contributed by atoms with Crippen LogP contribution in [-0.4, -0.2) is 9.97 Å². The van der Waals surface area contributed by atoms with E-state index in [2.05, 4.69) is 23.0 Å². The lowest BCUT2D eigenvalue weighted by molar-refractivity contribution is 1.24. The third kappa shape index (κ3) is 0.909. The molecule has 0 aliphatic rings. The first-order chi connectivity index (χ1) is 5.27. The van der Waals surface area contributed by atoms with Crippen molar-refractivity contribution in [2.24, 2.45) is 0 Å². The fraction of sp³-hybridized carbons (Fsp3) is 0.222. The Morgan fingerprint density at radius 1 is 1.36 bits per heavy atom. The minimum Gasteiger partial charge on any atom is -0.344 e. The van der Waals surface area contributed by atoms with Crippen LogP contribution in [-0.2, 0) is 0 Å². The Kier molecular flexibility index (Phi) is 1.22. The van der Waals surface area contributed by atoms with Gasteiger partial charge in [-0.3, -0.25) is 0 Å². The summed E-state index contributed by atoms with van der Waals surface area (Å²) in [4.78, 5) is 7.40. The Bertz CT molecular complexity index is 387. The van der Waals surface area contributed by atoms with Gasteiger partial charge in [-0.05, 0) is 31.5 Å². The van der Waals surface area contributed by atoms with E-state index in [1.807, 2.05) is 19.2 Å². The fourth-order valence-corrected chi connectivity index (χ4v) is 1.29. The molecule has 0 aliphatic heterocycles. The van der Waals surface area contributed by atoms with Crippen LogP contribution in [0.4, 0.5) is 0 Å². The van der Waals surface area contributed by atoms with Gasteiger partial charge in [0.2, 0.25) is 0 Å². The van der Waals surface area contributed by atoms with Crippen LogP contribution in [0.5, 0.6) is 0 Å². The van der Waals surface area contributed by atoms with E-state index < -0.39 is 0 Å². The molecule has 0 aliphatic carbocycles. The zero-order valence-electron chi connectivity index (χ0n) is 6.68. The summed E-state index contributed by atoms with van der Waals surface area (Å²) in [5, 5.41) is 1.23. The molecule has 0 saturated carbocycles. The van der Waals surface area contributed by atoms with Crippen molar-refractivity contribution in [3.8, 4) is 0 Å². The molecule has 2 rings (SSSR count). The van der Waals surface area contributed by atoms with Crippen LogP contribution in [0.3, 0.4) is 0 Å². The number of nitrogens with one attached hydrogen (secondary N) is 1. The SMILES string of the molecule is Cc1cc2c(C)ccnc2[nH]1. The molecule has 56 valence electrons. The average molecular weight is 146 g/mol. The molecule has 2 heterocycles. The van der Waals surface area contributed by atoms with Gasteiger partial charge in [0.15, 0.2) is 0 Å². The highest BCUT2D eigenvalue weighted by molar-refractivity contribution is 5.79. The van der Waals surface area contributed by atoms with Crippen LogP contribution < -0.4 is 0 Å². The van der Waals surface area contributed by atoms with Gasteiger partial charge in [0.05, 0.1) is 0 Å². The number of rotatable bonds is 0. The summed E-state index contributed by atoms with van der Waals surface area (Å²) in [6.07, 6.45) is 1.83. The maximum atomic E-state index is 4.21. The number of fused-ring (bicyclic) bond motifs is 1. The van der Waals surface area contributed by atoms with Gasteiger partial charge >= 0.3 is 0 Å². The van der Waals surface area contributed by atoms with Gasteiger partial charge < -0.3 is 4.98 Å². The van der Waals surface area contributed by atoms with Gasteiger partial charge in [0.25, 0.3) is 0 Å². The number of aryl methyl sites for hydroxylation is 2. The van der Waals surface area contributed by atoms with Gasteiger partial charge in [-0.1, -0.05) is 0 Å². The van der Waals surface area contributed by atoms with E-state index in [0.29, 0.717) is 0 Å². The van der Waals surface area contributed by atoms with E-state index >= 15 is 0 Å². The fourth-order valence-electron chi connectivity index (χ4n) is 1.29. The first-order valence-electron chi connectivity index (χ1n) is 3.68. The van der Waals surface area contributed by atoms with Gasteiger partial charge in [-0.2, -0.15) is 0 Å². The van der Waals surface area contributed by atoms with Crippen LogP contribution in [0.25, 0.3) is 11.0 Å². The smallest absolute Gasteiger partial charge is 0.137 e. The molecule has 0 fully saturated rings. The van der Waals surface area contributed by atoms with E-state index in [0.717, 1.165) is 5.65 Å². The topological polar surface area (TPSA) is 28.7 Å². The van der Waals surface area contributed by atoms with E-state index in [9.17, 15) is 0 Å². The van der Waals surface area contributed by atoms with Gasteiger partial charge in [-0.25, -0.2) is 4.98 Å². The molecule has 2 aromatic rings. The zero-order chi connectivity index (χ0) is 7.84. The van der Waals surface area contributed by atoms with Gasteiger partial charge in [-0.15, -0.1) is 0 Å². The second-order valence-electron chi connectivity index (χ2n) is 2.84. The van der Waals surface area contributed by atoms with Crippen molar-refractivity contribution in [2.75, 3.05) is 0 Å². The lowest BCUT2D eigenvalue weighted by Crippen LogP contribution is -1.77. The quantitative estimate of drug-likeness (QED) is 0.606. The lowest BCUT2D eigenvalue weighted by Gasteiger charge is -1.91. The van der Waals surface area contributed by atoms with Crippen molar-refractivity contribution in [1.82, 2.24) is 9.97 Å². The lowest BCUT2D eigenvalue weighted by atomic mass is 10.2. The van der Waals surface area contributed by atoms with Crippen molar-refractivity contribution in [3.63, 3.8) is 0 Å². The Hall–Kier alpha value is -1.31. The zero-order valence-corrected chi connectivity index (χ0v) is 6.68. The van der Waals surface area contributed by atoms with Gasteiger partial charge in [0.1, 0.15) is 5.65 Å². The molecule has 2 nitrogen and oxygen atoms in total. The van der Waals surface area contributed by atoms with Crippen molar-refractivity contribution in [1.29, 1.82) is 0 Å². The van der Waals surface area contributed by atoms with E-state index in [4.69, 9.17) is 0 Å². The van der Waals surface area contributed by atoms with E-state index in [-0.39, 0.29) is 0 Å². The minimum atomic E-state index is 0.988. The molecule has 1 N–H and O–H groups in total. The average Bonchev–Trinajstić information content (AvgIpc) is 2.31. The van der Waals surface area contributed by atoms with E-state index in [1.165, 1.54) is 16.6 Å². The third-order valence-corrected chi connectivity index (χ3v) is 1.88. The summed E-state index contributed by atoms with van der Waals surface area (Å²) in [6, 6.07) is 4.15. The summed E-state index contributed by atoms with van der Waals surface area (Å²) >= 11 is 0. The standard InChI is InChI=1S/C9H10N2/c1-6-3-4-10-9-8(6)5-7(2)11-9/h3-5H,1-2H3,(H,10,11). The number of hydrogen-bond acceptors (Lipinski definition) is 1. The number of aromatic nitrogens is 2. The van der Waals surface area contributed by atoms with Crippen LogP contribution in [0.1, 0.15) is 11.3 Å². The third-order valence-electron chi connectivity index (χ3n) is 1.88. The molecule has 0 atom stereocenters. The molecule has 0 aromatic carbocycles. The highest BCUT2D eigenvalue weighted by atomic mass is 14.8. The molecule has 0 spiro atoms. The molecule has 0 amide bonds. The number of H-pyrrole nitrogens is 1. The van der Waals surface area contributed by atoms with Crippen molar-refractivity contribution in [3.05, 3.63) is 29.6 Å². The number of nitrogens with zero attached hydrogens (tertiary/aromatic N) is 1. The van der Waals surface area contributed by atoms with Crippen molar-refractivity contribution < 1.29 is 0 Å². The molecule has 11 heavy (non-hydrogen) atoms. The first-order valence-corrected chi connectivity index (χ1v) is 3.68. The Morgan fingerprint density at radius 3 is 2.91 bits per heavy atom. The van der Waals surface area contributed by atoms with Crippen molar-refractivity contribution >= 4 is 11.0 Å². The first kappa shape index (κ1) is 6.40. The second kappa shape index (κ2) is 2.09.